The predicted molar refractivity (Wildman–Crippen MR) is 104 cm³/mol. The van der Waals surface area contributed by atoms with Gasteiger partial charge in [0.15, 0.2) is 0 Å². The molecule has 3 heterocycles. The Morgan fingerprint density at radius 3 is 2.85 bits per heavy atom. The molecule has 9 heteroatoms. The van der Waals surface area contributed by atoms with Crippen LogP contribution in [0.15, 0.2) is 47.8 Å². The van der Waals surface area contributed by atoms with Crippen LogP contribution in [-0.2, 0) is 10.0 Å². The highest BCUT2D eigenvalue weighted by atomic mass is 32.2. The number of hydrogen-bond acceptors (Lipinski definition) is 6. The number of H-pyrrole nitrogens is 1. The number of anilines is 1. The van der Waals surface area contributed by atoms with Gasteiger partial charge < -0.3 is 15.6 Å². The normalized spacial score (nSPS) is 20.4. The minimum atomic E-state index is -3.58. The van der Waals surface area contributed by atoms with Crippen LogP contribution in [0.25, 0.3) is 11.0 Å². The number of hydrogen-bond donors (Lipinski definition) is 3. The van der Waals surface area contributed by atoms with Gasteiger partial charge in [-0.15, -0.1) is 0 Å². The molecule has 1 aliphatic heterocycles. The molecule has 0 aliphatic carbocycles. The quantitative estimate of drug-likeness (QED) is 0.606. The maximum atomic E-state index is 12.5. The second-order valence-corrected chi connectivity index (χ2v) is 8.83. The summed E-state index contributed by atoms with van der Waals surface area (Å²) in [6.45, 7) is 3.40. The third-order valence-corrected chi connectivity index (χ3v) is 6.42. The Morgan fingerprint density at radius 1 is 1.30 bits per heavy atom. The molecule has 1 aliphatic rings. The van der Waals surface area contributed by atoms with E-state index in [2.05, 4.69) is 24.6 Å². The number of rotatable bonds is 5. The molecule has 27 heavy (non-hydrogen) atoms. The topological polar surface area (TPSA) is 117 Å². The largest absolute Gasteiger partial charge is 0.354 e. The van der Waals surface area contributed by atoms with Crippen molar-refractivity contribution in [3.05, 3.63) is 48.4 Å². The summed E-state index contributed by atoms with van der Waals surface area (Å²) in [6.07, 6.45) is 4.10. The monoisotopic (exact) mass is 386 g/mol. The van der Waals surface area contributed by atoms with Gasteiger partial charge in [-0.25, -0.2) is 23.1 Å². The Morgan fingerprint density at radius 2 is 2.07 bits per heavy atom. The van der Waals surface area contributed by atoms with Gasteiger partial charge in [-0.05, 0) is 31.0 Å². The molecule has 2 aromatic heterocycles. The molecule has 1 saturated heterocycles. The van der Waals surface area contributed by atoms with Crippen molar-refractivity contribution in [1.82, 2.24) is 19.7 Å². The van der Waals surface area contributed by atoms with Gasteiger partial charge in [-0.1, -0.05) is 18.2 Å². The van der Waals surface area contributed by atoms with Crippen molar-refractivity contribution in [2.24, 2.45) is 5.73 Å². The number of nitrogens with one attached hydrogen (secondary N) is 2. The van der Waals surface area contributed by atoms with Crippen LogP contribution < -0.4 is 15.4 Å². The number of nitrogens with two attached hydrogens (primary N) is 1. The predicted octanol–water partition coefficient (Wildman–Crippen LogP) is 1.15. The van der Waals surface area contributed by atoms with Crippen LogP contribution in [0, 0.1) is 6.92 Å². The first kappa shape index (κ1) is 17.9. The molecular formula is C18H22N6O2S. The number of aromatic nitrogens is 3. The summed E-state index contributed by atoms with van der Waals surface area (Å²) >= 11 is 0. The zero-order valence-corrected chi connectivity index (χ0v) is 15.8. The smallest absolute Gasteiger partial charge is 0.240 e. The number of aromatic amines is 1. The summed E-state index contributed by atoms with van der Waals surface area (Å²) in [5.41, 5.74) is 7.70. The molecule has 1 fully saturated rings. The maximum Gasteiger partial charge on any atom is 0.240 e. The molecule has 1 unspecified atom stereocenters. The van der Waals surface area contributed by atoms with E-state index in [1.807, 2.05) is 13.1 Å². The first-order chi connectivity index (χ1) is 12.9. The molecule has 0 saturated carbocycles. The van der Waals surface area contributed by atoms with Gasteiger partial charge in [0.05, 0.1) is 10.3 Å². The Bertz CT molecular complexity index is 1070. The molecule has 0 spiro atoms. The second-order valence-electron chi connectivity index (χ2n) is 7.06. The molecule has 4 N–H and O–H groups in total. The minimum absolute atomic E-state index is 0.168. The van der Waals surface area contributed by atoms with Crippen molar-refractivity contribution in [3.63, 3.8) is 0 Å². The van der Waals surface area contributed by atoms with Crippen molar-refractivity contribution in [2.45, 2.75) is 23.8 Å². The summed E-state index contributed by atoms with van der Waals surface area (Å²) in [5.74, 6) is 0.831. The van der Waals surface area contributed by atoms with Crippen LogP contribution in [0.5, 0.6) is 0 Å². The first-order valence-electron chi connectivity index (χ1n) is 8.75. The van der Waals surface area contributed by atoms with Crippen LogP contribution in [0.3, 0.4) is 0 Å². The average Bonchev–Trinajstić information content (AvgIpc) is 3.25. The summed E-state index contributed by atoms with van der Waals surface area (Å²) in [4.78, 5) is 14.2. The van der Waals surface area contributed by atoms with E-state index in [0.29, 0.717) is 19.5 Å². The van der Waals surface area contributed by atoms with Crippen molar-refractivity contribution >= 4 is 26.9 Å². The van der Waals surface area contributed by atoms with Crippen molar-refractivity contribution < 1.29 is 8.42 Å². The Balaban J connectivity index is 1.51. The van der Waals surface area contributed by atoms with E-state index in [0.717, 1.165) is 22.4 Å². The van der Waals surface area contributed by atoms with Crippen LogP contribution in [0.2, 0.25) is 0 Å². The molecule has 3 aromatic rings. The van der Waals surface area contributed by atoms with Crippen molar-refractivity contribution in [1.29, 1.82) is 0 Å². The average molecular weight is 386 g/mol. The molecule has 142 valence electrons. The molecular weight excluding hydrogens is 364 g/mol. The summed E-state index contributed by atoms with van der Waals surface area (Å²) in [6, 6.07) is 8.31. The molecule has 4 rings (SSSR count). The molecule has 8 nitrogen and oxygen atoms in total. The van der Waals surface area contributed by atoms with Gasteiger partial charge in [0.1, 0.15) is 17.8 Å². The molecule has 0 bridgehead atoms. The van der Waals surface area contributed by atoms with E-state index in [-0.39, 0.29) is 11.4 Å². The lowest BCUT2D eigenvalue weighted by Gasteiger charge is -2.25. The maximum absolute atomic E-state index is 12.5. The SMILES string of the molecule is Cc1c[nH]c2ncnc(N3CCC(N)(CNS(=O)(=O)c4ccccc4)C3)c12. The van der Waals surface area contributed by atoms with Gasteiger partial charge in [0.25, 0.3) is 0 Å². The number of sulfonamides is 1. The lowest BCUT2D eigenvalue weighted by molar-refractivity contribution is 0.460. The molecule has 1 aromatic carbocycles. The summed E-state index contributed by atoms with van der Waals surface area (Å²) in [7, 11) is -3.58. The summed E-state index contributed by atoms with van der Waals surface area (Å²) < 4.78 is 27.6. The van der Waals surface area contributed by atoms with E-state index in [1.54, 1.807) is 30.3 Å². The fourth-order valence-corrected chi connectivity index (χ4v) is 4.64. The van der Waals surface area contributed by atoms with Crippen LogP contribution in [0.1, 0.15) is 12.0 Å². The van der Waals surface area contributed by atoms with Crippen LogP contribution >= 0.6 is 0 Å². The lowest BCUT2D eigenvalue weighted by Crippen LogP contribution is -2.52. The zero-order valence-electron chi connectivity index (χ0n) is 15.0. The number of nitrogens with zero attached hydrogens (tertiary/aromatic N) is 3. The lowest BCUT2D eigenvalue weighted by atomic mass is 10.0. The van der Waals surface area contributed by atoms with Crippen LogP contribution in [-0.4, -0.2) is 48.5 Å². The second kappa shape index (κ2) is 6.59. The highest BCUT2D eigenvalue weighted by Gasteiger charge is 2.37. The highest BCUT2D eigenvalue weighted by molar-refractivity contribution is 7.89. The van der Waals surface area contributed by atoms with Crippen molar-refractivity contribution in [2.75, 3.05) is 24.5 Å². The first-order valence-corrected chi connectivity index (χ1v) is 10.2. The van der Waals surface area contributed by atoms with Gasteiger partial charge >= 0.3 is 0 Å². The zero-order chi connectivity index (χ0) is 19.1. The third kappa shape index (κ3) is 3.41. The minimum Gasteiger partial charge on any atom is -0.354 e. The van der Waals surface area contributed by atoms with Gasteiger partial charge in [-0.2, -0.15) is 0 Å². The Labute approximate surface area is 157 Å². The van der Waals surface area contributed by atoms with Gasteiger partial charge in [0, 0.05) is 31.4 Å². The van der Waals surface area contributed by atoms with E-state index in [1.165, 1.54) is 6.33 Å². The fourth-order valence-electron chi connectivity index (χ4n) is 3.48. The number of aryl methyl sites for hydroxylation is 1. The van der Waals surface area contributed by atoms with E-state index in [4.69, 9.17) is 5.73 Å². The highest BCUT2D eigenvalue weighted by Crippen LogP contribution is 2.30. The van der Waals surface area contributed by atoms with Crippen LogP contribution in [0.4, 0.5) is 5.82 Å². The molecule has 1 atom stereocenters. The fraction of sp³-hybridized carbons (Fsp3) is 0.333. The number of benzene rings is 1. The van der Waals surface area contributed by atoms with Crippen molar-refractivity contribution in [3.8, 4) is 0 Å². The third-order valence-electron chi connectivity index (χ3n) is 5.00. The van der Waals surface area contributed by atoms with E-state index in [9.17, 15) is 8.42 Å². The van der Waals surface area contributed by atoms with E-state index >= 15 is 0 Å². The molecule has 0 radical (unpaired) electrons. The standard InChI is InChI=1S/C18H22N6O2S/c1-13-9-20-16-15(13)17(22-12-21-16)24-8-7-18(19,11-24)10-23-27(25,26)14-5-3-2-4-6-14/h2-6,9,12,23H,7-8,10-11,19H2,1H3,(H,20,21,22). The van der Waals surface area contributed by atoms with E-state index < -0.39 is 15.6 Å². The Hall–Kier alpha value is -2.49. The van der Waals surface area contributed by atoms with Gasteiger partial charge in [-0.3, -0.25) is 0 Å². The number of fused-ring (bicyclic) bond motifs is 1. The Kier molecular flexibility index (Phi) is 4.37. The summed E-state index contributed by atoms with van der Waals surface area (Å²) in [5, 5.41) is 0.978. The molecule has 0 amide bonds. The van der Waals surface area contributed by atoms with Gasteiger partial charge in [0.2, 0.25) is 10.0 Å².